The summed E-state index contributed by atoms with van der Waals surface area (Å²) in [5, 5.41) is 9.00. The van der Waals surface area contributed by atoms with Crippen molar-refractivity contribution in [2.45, 2.75) is 13.8 Å². The number of aryl methyl sites for hydroxylation is 2. The van der Waals surface area contributed by atoms with Crippen LogP contribution in [0.3, 0.4) is 0 Å². The largest absolute Gasteiger partial charge is 0.478 e. The zero-order valence-electron chi connectivity index (χ0n) is 10.8. The van der Waals surface area contributed by atoms with E-state index in [1.54, 1.807) is 6.07 Å². The minimum atomic E-state index is -1.07. The maximum Gasteiger partial charge on any atom is 0.337 e. The normalized spacial score (nSPS) is 10.2. The Morgan fingerprint density at radius 1 is 1.05 bits per heavy atom. The van der Waals surface area contributed by atoms with E-state index in [0.717, 1.165) is 5.56 Å². The summed E-state index contributed by atoms with van der Waals surface area (Å²) >= 11 is 0. The predicted molar refractivity (Wildman–Crippen MR) is 73.8 cm³/mol. The summed E-state index contributed by atoms with van der Waals surface area (Å²) in [5.41, 5.74) is 8.15. The third-order valence-electron chi connectivity index (χ3n) is 2.97. The number of hydrogen-bond acceptors (Lipinski definition) is 3. The van der Waals surface area contributed by atoms with Crippen LogP contribution in [0.5, 0.6) is 11.5 Å². The lowest BCUT2D eigenvalue weighted by Gasteiger charge is -2.09. The molecule has 2 aromatic rings. The molecule has 3 N–H and O–H groups in total. The second kappa shape index (κ2) is 5.02. The molecule has 0 saturated carbocycles. The van der Waals surface area contributed by atoms with Gasteiger partial charge < -0.3 is 15.6 Å². The molecular weight excluding hydrogens is 242 g/mol. The molecule has 2 aromatic carbocycles. The fourth-order valence-electron chi connectivity index (χ4n) is 1.70. The van der Waals surface area contributed by atoms with Crippen molar-refractivity contribution in [1.82, 2.24) is 0 Å². The van der Waals surface area contributed by atoms with Crippen LogP contribution in [0, 0.1) is 13.8 Å². The van der Waals surface area contributed by atoms with Crippen LogP contribution in [-0.2, 0) is 0 Å². The van der Waals surface area contributed by atoms with Gasteiger partial charge in [0.05, 0.1) is 5.56 Å². The Bertz CT molecular complexity index is 635. The van der Waals surface area contributed by atoms with E-state index in [0.29, 0.717) is 11.5 Å². The van der Waals surface area contributed by atoms with E-state index in [2.05, 4.69) is 0 Å². The highest BCUT2D eigenvalue weighted by Gasteiger charge is 2.09. The average Bonchev–Trinajstić information content (AvgIpc) is 2.36. The van der Waals surface area contributed by atoms with Gasteiger partial charge in [0.1, 0.15) is 11.5 Å². The van der Waals surface area contributed by atoms with Gasteiger partial charge in [-0.3, -0.25) is 0 Å². The number of nitrogens with two attached hydrogens (primary N) is 1. The lowest BCUT2D eigenvalue weighted by molar-refractivity contribution is 0.0697. The summed E-state index contributed by atoms with van der Waals surface area (Å²) in [7, 11) is 0. The van der Waals surface area contributed by atoms with Crippen LogP contribution in [0.4, 0.5) is 5.69 Å². The monoisotopic (exact) mass is 257 g/mol. The number of benzene rings is 2. The van der Waals surface area contributed by atoms with Gasteiger partial charge in [-0.1, -0.05) is 6.07 Å². The molecule has 19 heavy (non-hydrogen) atoms. The quantitative estimate of drug-likeness (QED) is 0.827. The standard InChI is InChI=1S/C15H15NO3/c1-9-3-4-11(7-10(9)2)19-12-5-6-14(16)13(8-12)15(17)18/h3-8H,16H2,1-2H3,(H,17,18). The van der Waals surface area contributed by atoms with Crippen LogP contribution < -0.4 is 10.5 Å². The van der Waals surface area contributed by atoms with Gasteiger partial charge in [0.2, 0.25) is 0 Å². The number of ether oxygens (including phenoxy) is 1. The minimum absolute atomic E-state index is 0.0429. The molecule has 0 bridgehead atoms. The zero-order chi connectivity index (χ0) is 14.0. The number of anilines is 1. The first-order valence-electron chi connectivity index (χ1n) is 5.85. The van der Waals surface area contributed by atoms with Crippen molar-refractivity contribution in [3.05, 3.63) is 53.1 Å². The first-order chi connectivity index (χ1) is 8.97. The lowest BCUT2D eigenvalue weighted by Crippen LogP contribution is -2.02. The Morgan fingerprint density at radius 2 is 1.68 bits per heavy atom. The molecule has 0 spiro atoms. The van der Waals surface area contributed by atoms with Crippen molar-refractivity contribution in [3.8, 4) is 11.5 Å². The van der Waals surface area contributed by atoms with Crippen LogP contribution >= 0.6 is 0 Å². The highest BCUT2D eigenvalue weighted by atomic mass is 16.5. The van der Waals surface area contributed by atoms with E-state index in [9.17, 15) is 4.79 Å². The molecule has 0 aromatic heterocycles. The van der Waals surface area contributed by atoms with Gasteiger partial charge in [-0.05, 0) is 55.3 Å². The van der Waals surface area contributed by atoms with E-state index in [-0.39, 0.29) is 11.3 Å². The highest BCUT2D eigenvalue weighted by Crippen LogP contribution is 2.26. The second-order valence-electron chi connectivity index (χ2n) is 4.40. The predicted octanol–water partition coefficient (Wildman–Crippen LogP) is 3.38. The fourth-order valence-corrected chi connectivity index (χ4v) is 1.70. The molecule has 0 unspecified atom stereocenters. The van der Waals surface area contributed by atoms with Gasteiger partial charge in [-0.25, -0.2) is 4.79 Å². The first kappa shape index (κ1) is 13.0. The summed E-state index contributed by atoms with van der Waals surface area (Å²) in [4.78, 5) is 11.0. The smallest absolute Gasteiger partial charge is 0.337 e. The molecule has 0 aliphatic heterocycles. The fraction of sp³-hybridized carbons (Fsp3) is 0.133. The van der Waals surface area contributed by atoms with Crippen LogP contribution in [0.15, 0.2) is 36.4 Å². The molecule has 0 heterocycles. The molecule has 2 rings (SSSR count). The number of nitrogen functional groups attached to an aromatic ring is 1. The molecule has 0 aliphatic rings. The summed E-state index contributed by atoms with van der Waals surface area (Å²) in [6.45, 7) is 4.01. The van der Waals surface area contributed by atoms with Crippen molar-refractivity contribution >= 4 is 11.7 Å². The molecule has 0 aliphatic carbocycles. The third kappa shape index (κ3) is 2.85. The van der Waals surface area contributed by atoms with Gasteiger partial charge in [-0.15, -0.1) is 0 Å². The van der Waals surface area contributed by atoms with Crippen LogP contribution in [-0.4, -0.2) is 11.1 Å². The van der Waals surface area contributed by atoms with Crippen LogP contribution in [0.1, 0.15) is 21.5 Å². The zero-order valence-corrected chi connectivity index (χ0v) is 10.8. The molecule has 98 valence electrons. The number of rotatable bonds is 3. The SMILES string of the molecule is Cc1ccc(Oc2ccc(N)c(C(=O)O)c2)cc1C. The summed E-state index contributed by atoms with van der Waals surface area (Å²) in [6.07, 6.45) is 0. The Balaban J connectivity index is 2.30. The van der Waals surface area contributed by atoms with E-state index in [1.165, 1.54) is 17.7 Å². The van der Waals surface area contributed by atoms with E-state index >= 15 is 0 Å². The van der Waals surface area contributed by atoms with Gasteiger partial charge in [0.15, 0.2) is 0 Å². The van der Waals surface area contributed by atoms with E-state index < -0.39 is 5.97 Å². The highest BCUT2D eigenvalue weighted by molar-refractivity contribution is 5.94. The van der Waals surface area contributed by atoms with Crippen molar-refractivity contribution in [2.24, 2.45) is 0 Å². The average molecular weight is 257 g/mol. The number of carboxylic acid groups (broad SMARTS) is 1. The summed E-state index contributed by atoms with van der Waals surface area (Å²) in [6, 6.07) is 10.3. The number of aromatic carboxylic acids is 1. The van der Waals surface area contributed by atoms with E-state index in [1.807, 2.05) is 32.0 Å². The molecule has 0 saturated heterocycles. The van der Waals surface area contributed by atoms with Gasteiger partial charge in [-0.2, -0.15) is 0 Å². The topological polar surface area (TPSA) is 72.5 Å². The third-order valence-corrected chi connectivity index (χ3v) is 2.97. The molecule has 0 atom stereocenters. The maximum atomic E-state index is 11.0. The van der Waals surface area contributed by atoms with E-state index in [4.69, 9.17) is 15.6 Å². The summed E-state index contributed by atoms with van der Waals surface area (Å²) in [5.74, 6) is 0.0575. The Kier molecular flexibility index (Phi) is 3.42. The Morgan fingerprint density at radius 3 is 2.32 bits per heavy atom. The van der Waals surface area contributed by atoms with Crippen molar-refractivity contribution in [3.63, 3.8) is 0 Å². The molecular formula is C15H15NO3. The molecule has 4 nitrogen and oxygen atoms in total. The number of carboxylic acids is 1. The molecule has 4 heteroatoms. The molecule has 0 fully saturated rings. The van der Waals surface area contributed by atoms with Crippen molar-refractivity contribution < 1.29 is 14.6 Å². The maximum absolute atomic E-state index is 11.0. The van der Waals surface area contributed by atoms with Crippen LogP contribution in [0.2, 0.25) is 0 Å². The van der Waals surface area contributed by atoms with Crippen molar-refractivity contribution in [1.29, 1.82) is 0 Å². The number of hydrogen-bond donors (Lipinski definition) is 2. The second-order valence-corrected chi connectivity index (χ2v) is 4.40. The molecule has 0 amide bonds. The van der Waals surface area contributed by atoms with Gasteiger partial charge in [0, 0.05) is 5.69 Å². The Hall–Kier alpha value is -2.49. The first-order valence-corrected chi connectivity index (χ1v) is 5.85. The minimum Gasteiger partial charge on any atom is -0.478 e. The van der Waals surface area contributed by atoms with Crippen LogP contribution in [0.25, 0.3) is 0 Å². The summed E-state index contributed by atoms with van der Waals surface area (Å²) < 4.78 is 5.64. The lowest BCUT2D eigenvalue weighted by atomic mass is 10.1. The number of carbonyl (C=O) groups is 1. The van der Waals surface area contributed by atoms with Crippen molar-refractivity contribution in [2.75, 3.05) is 5.73 Å². The van der Waals surface area contributed by atoms with Gasteiger partial charge >= 0.3 is 5.97 Å². The Labute approximate surface area is 111 Å². The molecule has 0 radical (unpaired) electrons. The van der Waals surface area contributed by atoms with Gasteiger partial charge in [0.25, 0.3) is 0 Å².